The maximum Gasteiger partial charge on any atom is 0.262 e. The Bertz CT molecular complexity index is 1250. The number of carbonyl (C=O) groups is 3. The minimum atomic E-state index is -3.71. The number of imide groups is 1. The fourth-order valence-corrected chi connectivity index (χ4v) is 5.87. The van der Waals surface area contributed by atoms with E-state index < -0.39 is 33.8 Å². The van der Waals surface area contributed by atoms with Gasteiger partial charge in [-0.05, 0) is 64.1 Å². The van der Waals surface area contributed by atoms with Gasteiger partial charge in [0, 0.05) is 18.8 Å². The van der Waals surface area contributed by atoms with Crippen LogP contribution in [0.5, 0.6) is 0 Å². The van der Waals surface area contributed by atoms with Crippen molar-refractivity contribution >= 4 is 33.4 Å². The molecule has 10 heteroatoms. The summed E-state index contributed by atoms with van der Waals surface area (Å²) in [5.74, 6) is -1.59. The van der Waals surface area contributed by atoms with Crippen LogP contribution in [0.2, 0.25) is 0 Å². The Morgan fingerprint density at radius 1 is 1.00 bits per heavy atom. The lowest BCUT2D eigenvalue weighted by molar-refractivity contribution is -0.119. The zero-order valence-electron chi connectivity index (χ0n) is 19.4. The van der Waals surface area contributed by atoms with Gasteiger partial charge in [0.25, 0.3) is 11.8 Å². The zero-order valence-corrected chi connectivity index (χ0v) is 20.3. The summed E-state index contributed by atoms with van der Waals surface area (Å²) < 4.78 is 33.0. The Balaban J connectivity index is 1.46. The van der Waals surface area contributed by atoms with Crippen molar-refractivity contribution in [1.29, 1.82) is 0 Å². The average Bonchev–Trinajstić information content (AvgIpc) is 3.02. The van der Waals surface area contributed by atoms with E-state index in [4.69, 9.17) is 4.74 Å². The lowest BCUT2D eigenvalue weighted by Gasteiger charge is -2.34. The number of hydrogen-bond donors (Lipinski definition) is 1. The van der Waals surface area contributed by atoms with Gasteiger partial charge in [-0.1, -0.05) is 11.6 Å². The maximum atomic E-state index is 13.0. The van der Waals surface area contributed by atoms with Gasteiger partial charge in [0.1, 0.15) is 6.04 Å². The summed E-state index contributed by atoms with van der Waals surface area (Å²) in [4.78, 5) is 39.3. The van der Waals surface area contributed by atoms with Crippen molar-refractivity contribution in [3.63, 3.8) is 0 Å². The molecule has 0 saturated carbocycles. The molecule has 0 spiro atoms. The van der Waals surface area contributed by atoms with E-state index in [0.717, 1.165) is 10.5 Å². The van der Waals surface area contributed by atoms with Gasteiger partial charge in [0.15, 0.2) is 0 Å². The normalized spacial score (nSPS) is 21.9. The molecule has 9 nitrogen and oxygen atoms in total. The predicted molar refractivity (Wildman–Crippen MR) is 125 cm³/mol. The van der Waals surface area contributed by atoms with Gasteiger partial charge >= 0.3 is 0 Å². The van der Waals surface area contributed by atoms with Crippen molar-refractivity contribution in [2.75, 3.05) is 18.4 Å². The van der Waals surface area contributed by atoms with E-state index in [2.05, 4.69) is 5.32 Å². The molecule has 34 heavy (non-hydrogen) atoms. The number of amides is 3. The van der Waals surface area contributed by atoms with E-state index in [-0.39, 0.29) is 41.3 Å². The molecule has 0 bridgehead atoms. The molecule has 1 N–H and O–H groups in total. The Hall–Kier alpha value is -3.08. The molecule has 2 aromatic rings. The third kappa shape index (κ3) is 4.36. The second-order valence-corrected chi connectivity index (χ2v) is 10.7. The third-order valence-corrected chi connectivity index (χ3v) is 7.83. The number of aryl methyl sites for hydroxylation is 1. The number of benzene rings is 2. The number of rotatable bonds is 5. The average molecular weight is 486 g/mol. The highest BCUT2D eigenvalue weighted by molar-refractivity contribution is 7.89. The van der Waals surface area contributed by atoms with Gasteiger partial charge in [-0.2, -0.15) is 4.31 Å². The second-order valence-electron chi connectivity index (χ2n) is 8.80. The monoisotopic (exact) mass is 485 g/mol. The lowest BCUT2D eigenvalue weighted by Crippen LogP contribution is -2.48. The molecular weight excluding hydrogens is 458 g/mol. The van der Waals surface area contributed by atoms with Gasteiger partial charge in [-0.3, -0.25) is 19.3 Å². The van der Waals surface area contributed by atoms with Crippen molar-refractivity contribution in [2.45, 2.75) is 50.8 Å². The van der Waals surface area contributed by atoms with E-state index in [1.54, 1.807) is 18.2 Å². The molecule has 1 saturated heterocycles. The number of sulfonamides is 1. The fraction of sp³-hybridized carbons (Fsp3) is 0.375. The second kappa shape index (κ2) is 8.94. The Morgan fingerprint density at radius 2 is 1.59 bits per heavy atom. The number of hydrogen-bond acceptors (Lipinski definition) is 6. The van der Waals surface area contributed by atoms with Crippen LogP contribution in [0.4, 0.5) is 5.69 Å². The van der Waals surface area contributed by atoms with Crippen molar-refractivity contribution < 1.29 is 27.5 Å². The van der Waals surface area contributed by atoms with Crippen LogP contribution in [0.1, 0.15) is 47.1 Å². The fourth-order valence-electron chi connectivity index (χ4n) is 4.28. The van der Waals surface area contributed by atoms with Gasteiger partial charge in [-0.15, -0.1) is 0 Å². The highest BCUT2D eigenvalue weighted by Gasteiger charge is 2.41. The number of nitrogens with zero attached hydrogens (tertiary/aromatic N) is 2. The van der Waals surface area contributed by atoms with E-state index in [1.165, 1.54) is 35.5 Å². The van der Waals surface area contributed by atoms with Crippen LogP contribution in [0, 0.1) is 6.92 Å². The molecule has 3 amide bonds. The van der Waals surface area contributed by atoms with Crippen molar-refractivity contribution in [3.05, 3.63) is 59.2 Å². The summed E-state index contributed by atoms with van der Waals surface area (Å²) in [5, 5.41) is 2.66. The molecule has 180 valence electrons. The summed E-state index contributed by atoms with van der Waals surface area (Å²) in [6, 6.07) is 9.72. The lowest BCUT2D eigenvalue weighted by atomic mass is 10.1. The molecule has 4 rings (SSSR count). The quantitative estimate of drug-likeness (QED) is 0.651. The van der Waals surface area contributed by atoms with E-state index in [9.17, 15) is 22.8 Å². The first kappa shape index (κ1) is 24.1. The van der Waals surface area contributed by atoms with E-state index in [1.807, 2.05) is 20.8 Å². The number of morpholine rings is 1. The molecule has 2 heterocycles. The molecule has 2 aliphatic heterocycles. The highest BCUT2D eigenvalue weighted by atomic mass is 32.2. The Kier molecular flexibility index (Phi) is 6.32. The van der Waals surface area contributed by atoms with Crippen molar-refractivity contribution in [1.82, 2.24) is 9.21 Å². The molecule has 2 aliphatic rings. The molecule has 3 atom stereocenters. The predicted octanol–water partition coefficient (Wildman–Crippen LogP) is 2.42. The van der Waals surface area contributed by atoms with Gasteiger partial charge in [-0.25, -0.2) is 8.42 Å². The first-order chi connectivity index (χ1) is 16.0. The zero-order chi connectivity index (χ0) is 24.8. The van der Waals surface area contributed by atoms with Crippen molar-refractivity contribution in [2.24, 2.45) is 0 Å². The summed E-state index contributed by atoms with van der Waals surface area (Å²) in [6.07, 6.45) is -0.408. The highest BCUT2D eigenvalue weighted by Crippen LogP contribution is 2.27. The minimum absolute atomic E-state index is 0.107. The molecule has 1 fully saturated rings. The van der Waals surface area contributed by atoms with Crippen LogP contribution in [0.25, 0.3) is 0 Å². The largest absolute Gasteiger partial charge is 0.373 e. The molecule has 0 aliphatic carbocycles. The summed E-state index contributed by atoms with van der Waals surface area (Å²) in [5.41, 5.74) is 1.75. The standard InChI is InChI=1S/C24H27N3O6S/c1-14-5-10-20-21(11-14)24(30)27(23(20)29)17(4)22(28)25-18-6-8-19(9-7-18)34(31,32)26-12-15(2)33-16(3)13-26/h5-11,15-17H,12-13H2,1-4H3,(H,25,28)/t15-,16-,17-/m1/s1. The molecule has 0 unspecified atom stereocenters. The topological polar surface area (TPSA) is 113 Å². The minimum Gasteiger partial charge on any atom is -0.373 e. The Labute approximate surface area is 198 Å². The van der Waals surface area contributed by atoms with Gasteiger partial charge in [0.2, 0.25) is 15.9 Å². The maximum absolute atomic E-state index is 13.0. The van der Waals surface area contributed by atoms with E-state index in [0.29, 0.717) is 5.69 Å². The summed E-state index contributed by atoms with van der Waals surface area (Å²) in [6.45, 7) is 7.48. The number of anilines is 1. The SMILES string of the molecule is Cc1ccc2c(c1)C(=O)N([C@H](C)C(=O)Nc1ccc(S(=O)(=O)N3C[C@@H](C)O[C@H](C)C3)cc1)C2=O. The molecule has 2 aromatic carbocycles. The van der Waals surface area contributed by atoms with Crippen LogP contribution in [-0.2, 0) is 19.6 Å². The first-order valence-corrected chi connectivity index (χ1v) is 12.5. The van der Waals surface area contributed by atoms with Gasteiger partial charge in [0.05, 0.1) is 28.2 Å². The number of ether oxygens (including phenoxy) is 1. The van der Waals surface area contributed by atoms with Crippen LogP contribution < -0.4 is 5.32 Å². The van der Waals surface area contributed by atoms with Crippen LogP contribution in [0.3, 0.4) is 0 Å². The number of carbonyl (C=O) groups excluding carboxylic acids is 3. The van der Waals surface area contributed by atoms with Crippen LogP contribution in [0.15, 0.2) is 47.4 Å². The molecule has 0 radical (unpaired) electrons. The number of fused-ring (bicyclic) bond motifs is 1. The van der Waals surface area contributed by atoms with Crippen LogP contribution >= 0.6 is 0 Å². The smallest absolute Gasteiger partial charge is 0.262 e. The Morgan fingerprint density at radius 3 is 2.21 bits per heavy atom. The number of nitrogens with one attached hydrogen (secondary N) is 1. The van der Waals surface area contributed by atoms with Gasteiger partial charge < -0.3 is 10.1 Å². The summed E-state index contributed by atoms with van der Waals surface area (Å²) >= 11 is 0. The van der Waals surface area contributed by atoms with Crippen molar-refractivity contribution in [3.8, 4) is 0 Å². The van der Waals surface area contributed by atoms with Crippen LogP contribution in [-0.4, -0.2) is 66.7 Å². The summed E-state index contributed by atoms with van der Waals surface area (Å²) in [7, 11) is -3.71. The molecule has 0 aromatic heterocycles. The third-order valence-electron chi connectivity index (χ3n) is 5.99. The first-order valence-electron chi connectivity index (χ1n) is 11.0. The van der Waals surface area contributed by atoms with E-state index >= 15 is 0 Å². The molecular formula is C24H27N3O6S.